The van der Waals surface area contributed by atoms with Crippen molar-refractivity contribution in [3.8, 4) is 0 Å². The van der Waals surface area contributed by atoms with Crippen LogP contribution in [0.1, 0.15) is 5.69 Å². The quantitative estimate of drug-likeness (QED) is 0.779. The fourth-order valence-corrected chi connectivity index (χ4v) is 2.04. The first kappa shape index (κ1) is 10.5. The largest absolute Gasteiger partial charge is 0.383 e. The Balaban J connectivity index is 2.48. The van der Waals surface area contributed by atoms with E-state index in [0.717, 1.165) is 18.2 Å². The van der Waals surface area contributed by atoms with E-state index in [-0.39, 0.29) is 0 Å². The summed E-state index contributed by atoms with van der Waals surface area (Å²) >= 11 is 5.95. The van der Waals surface area contributed by atoms with Gasteiger partial charge < -0.3 is 9.30 Å². The molecule has 0 N–H and O–H groups in total. The summed E-state index contributed by atoms with van der Waals surface area (Å²) in [6.07, 6.45) is 0. The minimum atomic E-state index is 0.729. The number of nitrogens with zero attached hydrogens (tertiary/aromatic N) is 1. The third-order valence-corrected chi connectivity index (χ3v) is 2.82. The molecule has 1 aromatic heterocycles. The first-order valence-corrected chi connectivity index (χ1v) is 5.34. The first-order chi connectivity index (χ1) is 7.22. The summed E-state index contributed by atoms with van der Waals surface area (Å²) in [6, 6.07) is 8.12. The van der Waals surface area contributed by atoms with Gasteiger partial charge in [0.15, 0.2) is 0 Å². The van der Waals surface area contributed by atoms with E-state index in [1.807, 2.05) is 12.1 Å². The standard InChI is InChI=1S/C12H14ClNO/c1-9-7-10-8-11(13)3-4-12(10)14(9)5-6-15-2/h3-4,7-8H,5-6H2,1-2H3. The van der Waals surface area contributed by atoms with Crippen LogP contribution < -0.4 is 0 Å². The molecule has 2 nitrogen and oxygen atoms in total. The van der Waals surface area contributed by atoms with Gasteiger partial charge in [0.2, 0.25) is 0 Å². The van der Waals surface area contributed by atoms with Gasteiger partial charge in [-0.15, -0.1) is 0 Å². The van der Waals surface area contributed by atoms with Gasteiger partial charge in [-0.2, -0.15) is 0 Å². The SMILES string of the molecule is COCCn1c(C)cc2cc(Cl)ccc21. The smallest absolute Gasteiger partial charge is 0.0642 e. The summed E-state index contributed by atoms with van der Waals surface area (Å²) in [5, 5.41) is 1.97. The fourth-order valence-electron chi connectivity index (χ4n) is 1.86. The normalized spacial score (nSPS) is 11.1. The van der Waals surface area contributed by atoms with Gasteiger partial charge >= 0.3 is 0 Å². The zero-order chi connectivity index (χ0) is 10.8. The lowest BCUT2D eigenvalue weighted by Crippen LogP contribution is -2.05. The van der Waals surface area contributed by atoms with E-state index in [4.69, 9.17) is 16.3 Å². The Hall–Kier alpha value is -0.990. The summed E-state index contributed by atoms with van der Waals surface area (Å²) in [7, 11) is 1.72. The number of methoxy groups -OCH3 is 1. The third-order valence-electron chi connectivity index (χ3n) is 2.59. The van der Waals surface area contributed by atoms with Gasteiger partial charge in [0.05, 0.1) is 6.61 Å². The molecule has 1 aromatic carbocycles. The van der Waals surface area contributed by atoms with E-state index in [9.17, 15) is 0 Å². The molecule has 0 unspecified atom stereocenters. The highest BCUT2D eigenvalue weighted by atomic mass is 35.5. The average Bonchev–Trinajstić information content (AvgIpc) is 2.50. The number of hydrogen-bond donors (Lipinski definition) is 0. The molecule has 0 aliphatic heterocycles. The molecule has 0 bridgehead atoms. The minimum Gasteiger partial charge on any atom is -0.383 e. The third kappa shape index (κ3) is 2.01. The number of benzene rings is 1. The van der Waals surface area contributed by atoms with Gasteiger partial charge in [-0.1, -0.05) is 11.6 Å². The number of aryl methyl sites for hydroxylation is 1. The van der Waals surface area contributed by atoms with Crippen LogP contribution >= 0.6 is 11.6 Å². The maximum absolute atomic E-state index is 5.95. The second kappa shape index (κ2) is 4.25. The van der Waals surface area contributed by atoms with Gasteiger partial charge in [-0.05, 0) is 31.2 Å². The van der Waals surface area contributed by atoms with Gasteiger partial charge in [0.25, 0.3) is 0 Å². The van der Waals surface area contributed by atoms with E-state index >= 15 is 0 Å². The average molecular weight is 224 g/mol. The van der Waals surface area contributed by atoms with Crippen molar-refractivity contribution in [2.24, 2.45) is 0 Å². The Bertz CT molecular complexity index is 476. The number of halogens is 1. The van der Waals surface area contributed by atoms with Crippen molar-refractivity contribution in [2.45, 2.75) is 13.5 Å². The van der Waals surface area contributed by atoms with Crippen LogP contribution in [0.25, 0.3) is 10.9 Å². The highest BCUT2D eigenvalue weighted by molar-refractivity contribution is 6.31. The molecule has 0 radical (unpaired) electrons. The molecule has 2 rings (SSSR count). The van der Waals surface area contributed by atoms with E-state index in [1.165, 1.54) is 16.6 Å². The van der Waals surface area contributed by atoms with Crippen molar-refractivity contribution in [1.82, 2.24) is 4.57 Å². The van der Waals surface area contributed by atoms with Crippen molar-refractivity contribution in [3.63, 3.8) is 0 Å². The lowest BCUT2D eigenvalue weighted by Gasteiger charge is -2.06. The van der Waals surface area contributed by atoms with Crippen LogP contribution in [-0.4, -0.2) is 18.3 Å². The fraction of sp³-hybridized carbons (Fsp3) is 0.333. The Morgan fingerprint density at radius 2 is 2.13 bits per heavy atom. The summed E-state index contributed by atoms with van der Waals surface area (Å²) in [5.74, 6) is 0. The molecule has 0 atom stereocenters. The van der Waals surface area contributed by atoms with Crippen molar-refractivity contribution >= 4 is 22.5 Å². The van der Waals surface area contributed by atoms with E-state index in [0.29, 0.717) is 0 Å². The van der Waals surface area contributed by atoms with Crippen LogP contribution in [0.4, 0.5) is 0 Å². The molecule has 0 fully saturated rings. The van der Waals surface area contributed by atoms with Gasteiger partial charge in [0.1, 0.15) is 0 Å². The second-order valence-electron chi connectivity index (χ2n) is 3.63. The summed E-state index contributed by atoms with van der Waals surface area (Å²) < 4.78 is 7.34. The highest BCUT2D eigenvalue weighted by Gasteiger charge is 2.05. The van der Waals surface area contributed by atoms with Gasteiger partial charge in [-0.3, -0.25) is 0 Å². The molecule has 0 spiro atoms. The second-order valence-corrected chi connectivity index (χ2v) is 4.07. The van der Waals surface area contributed by atoms with E-state index in [2.05, 4.69) is 23.6 Å². The molecule has 80 valence electrons. The van der Waals surface area contributed by atoms with Crippen LogP contribution in [0.3, 0.4) is 0 Å². The monoisotopic (exact) mass is 223 g/mol. The molecular formula is C12H14ClNO. The van der Waals surface area contributed by atoms with Crippen molar-refractivity contribution in [1.29, 1.82) is 0 Å². The molecule has 1 heterocycles. The van der Waals surface area contributed by atoms with E-state index < -0.39 is 0 Å². The number of rotatable bonds is 3. The predicted octanol–water partition coefficient (Wildman–Crippen LogP) is 3.25. The van der Waals surface area contributed by atoms with Crippen molar-refractivity contribution < 1.29 is 4.74 Å². The molecule has 0 saturated heterocycles. The Labute approximate surface area is 94.4 Å². The maximum atomic E-state index is 5.95. The molecule has 2 aromatic rings. The van der Waals surface area contributed by atoms with Crippen LogP contribution in [0, 0.1) is 6.92 Å². The summed E-state index contributed by atoms with van der Waals surface area (Å²) in [5.41, 5.74) is 2.46. The molecule has 3 heteroatoms. The van der Waals surface area contributed by atoms with Crippen molar-refractivity contribution in [2.75, 3.05) is 13.7 Å². The Kier molecular flexibility index (Phi) is 2.98. The topological polar surface area (TPSA) is 14.2 Å². The predicted molar refractivity (Wildman–Crippen MR) is 63.6 cm³/mol. The highest BCUT2D eigenvalue weighted by Crippen LogP contribution is 2.23. The Morgan fingerprint density at radius 1 is 1.33 bits per heavy atom. The minimum absolute atomic E-state index is 0.729. The van der Waals surface area contributed by atoms with Crippen LogP contribution in [0.15, 0.2) is 24.3 Å². The van der Waals surface area contributed by atoms with Gasteiger partial charge in [-0.25, -0.2) is 0 Å². The zero-order valence-electron chi connectivity index (χ0n) is 8.96. The number of aromatic nitrogens is 1. The number of hydrogen-bond acceptors (Lipinski definition) is 1. The number of fused-ring (bicyclic) bond motifs is 1. The summed E-state index contributed by atoms with van der Waals surface area (Å²) in [6.45, 7) is 3.71. The van der Waals surface area contributed by atoms with Crippen LogP contribution in [-0.2, 0) is 11.3 Å². The van der Waals surface area contributed by atoms with Crippen molar-refractivity contribution in [3.05, 3.63) is 35.0 Å². The molecule has 0 aliphatic carbocycles. The molecule has 0 aliphatic rings. The molecule has 0 amide bonds. The Morgan fingerprint density at radius 3 is 2.87 bits per heavy atom. The van der Waals surface area contributed by atoms with Crippen LogP contribution in [0.5, 0.6) is 0 Å². The summed E-state index contributed by atoms with van der Waals surface area (Å²) in [4.78, 5) is 0. The van der Waals surface area contributed by atoms with E-state index in [1.54, 1.807) is 7.11 Å². The molecular weight excluding hydrogens is 210 g/mol. The molecule has 15 heavy (non-hydrogen) atoms. The van der Waals surface area contributed by atoms with Crippen LogP contribution in [0.2, 0.25) is 5.02 Å². The lowest BCUT2D eigenvalue weighted by atomic mass is 10.2. The van der Waals surface area contributed by atoms with Gasteiger partial charge in [0, 0.05) is 35.3 Å². The lowest BCUT2D eigenvalue weighted by molar-refractivity contribution is 0.188. The zero-order valence-corrected chi connectivity index (χ0v) is 9.71. The maximum Gasteiger partial charge on any atom is 0.0642 e. The number of ether oxygens (including phenoxy) is 1. The first-order valence-electron chi connectivity index (χ1n) is 4.96. The molecule has 0 saturated carbocycles.